The number of carbonyl (C=O) groups excluding carboxylic acids is 1. The first-order valence-corrected chi connectivity index (χ1v) is 14.2. The first-order chi connectivity index (χ1) is 15.6. The number of esters is 1. The Morgan fingerprint density at radius 2 is 1.59 bits per heavy atom. The van der Waals surface area contributed by atoms with Gasteiger partial charge in [-0.05, 0) is 111 Å². The highest BCUT2D eigenvalue weighted by atomic mass is 16.6. The van der Waals surface area contributed by atoms with Gasteiger partial charge >= 0.3 is 5.97 Å². The molecule has 1 saturated heterocycles. The van der Waals surface area contributed by atoms with Crippen LogP contribution < -0.4 is 0 Å². The second kappa shape index (κ2) is 6.63. The highest BCUT2D eigenvalue weighted by Crippen LogP contribution is 2.78. The maximum absolute atomic E-state index is 13.2. The summed E-state index contributed by atoms with van der Waals surface area (Å²) >= 11 is 0. The Hall–Kier alpha value is -0.610. The smallest absolute Gasteiger partial charge is 0.312 e. The lowest BCUT2D eigenvalue weighted by Crippen LogP contribution is -2.68. The number of hydrogen-bond donors (Lipinski definition) is 2. The molecule has 0 aromatic heterocycles. The van der Waals surface area contributed by atoms with Gasteiger partial charge in [0.15, 0.2) is 0 Å². The lowest BCUT2D eigenvalue weighted by molar-refractivity contribution is -0.257. The minimum atomic E-state index is -0.832. The molecule has 6 fully saturated rings. The maximum Gasteiger partial charge on any atom is 0.312 e. The highest BCUT2D eigenvalue weighted by Gasteiger charge is 2.76. The average molecular weight is 473 g/mol. The molecule has 6 aliphatic rings. The molecule has 192 valence electrons. The number of aliphatic hydroxyl groups is 2. The molecular formula is C30H48O4. The third kappa shape index (κ3) is 2.51. The predicted molar refractivity (Wildman–Crippen MR) is 132 cm³/mol. The molecule has 1 aliphatic heterocycles. The van der Waals surface area contributed by atoms with Gasteiger partial charge in [0.05, 0.1) is 17.1 Å². The molecule has 4 nitrogen and oxygen atoms in total. The molecule has 4 heteroatoms. The topological polar surface area (TPSA) is 66.8 Å². The SMILES string of the molecule is CC(C)(O)[C@H]1[C@@H]2[C@H]3CC[C@@H]4[C@@]5(C)CC[C@H](O)C(C)(C)[C@@H]5CC[C@@]4(C)[C@]3(C)CC[C@@]23C[C@@H]1OC3=O. The van der Waals surface area contributed by atoms with Gasteiger partial charge in [-0.3, -0.25) is 4.79 Å². The van der Waals surface area contributed by atoms with Gasteiger partial charge in [0.25, 0.3) is 0 Å². The number of fused-ring (bicyclic) bond motifs is 7. The lowest BCUT2D eigenvalue weighted by Gasteiger charge is -2.73. The van der Waals surface area contributed by atoms with Gasteiger partial charge in [0.2, 0.25) is 0 Å². The van der Waals surface area contributed by atoms with Crippen LogP contribution in [-0.2, 0) is 9.53 Å². The Bertz CT molecular complexity index is 904. The maximum atomic E-state index is 13.2. The molecule has 5 aliphatic carbocycles. The van der Waals surface area contributed by atoms with Crippen LogP contribution in [0, 0.1) is 56.7 Å². The van der Waals surface area contributed by atoms with Crippen LogP contribution in [0.4, 0.5) is 0 Å². The summed E-state index contributed by atoms with van der Waals surface area (Å²) in [6, 6.07) is 0. The summed E-state index contributed by atoms with van der Waals surface area (Å²) in [4.78, 5) is 13.2. The van der Waals surface area contributed by atoms with Crippen LogP contribution in [0.3, 0.4) is 0 Å². The van der Waals surface area contributed by atoms with Gasteiger partial charge in [0.1, 0.15) is 6.10 Å². The van der Waals surface area contributed by atoms with E-state index < -0.39 is 5.60 Å². The van der Waals surface area contributed by atoms with E-state index in [0.29, 0.717) is 17.8 Å². The molecule has 6 rings (SSSR count). The highest BCUT2D eigenvalue weighted by molar-refractivity contribution is 5.81. The number of aliphatic hydroxyl groups excluding tert-OH is 1. The van der Waals surface area contributed by atoms with Crippen LogP contribution in [0.15, 0.2) is 0 Å². The van der Waals surface area contributed by atoms with Crippen molar-refractivity contribution in [3.63, 3.8) is 0 Å². The molecule has 0 aromatic rings. The first kappa shape index (κ1) is 23.8. The Kier molecular flexibility index (Phi) is 4.63. The average Bonchev–Trinajstić information content (AvgIpc) is 3.23. The summed E-state index contributed by atoms with van der Waals surface area (Å²) in [5.41, 5.74) is -0.543. The number of hydrogen-bond acceptors (Lipinski definition) is 4. The summed E-state index contributed by atoms with van der Waals surface area (Å²) in [7, 11) is 0. The van der Waals surface area contributed by atoms with Gasteiger partial charge in [-0.1, -0.05) is 34.6 Å². The molecular weight excluding hydrogens is 424 g/mol. The second-order valence-electron chi connectivity index (χ2n) is 15.6. The van der Waals surface area contributed by atoms with Crippen LogP contribution in [0.1, 0.15) is 106 Å². The van der Waals surface area contributed by atoms with E-state index in [9.17, 15) is 15.0 Å². The third-order valence-corrected chi connectivity index (χ3v) is 13.9. The van der Waals surface area contributed by atoms with Gasteiger partial charge in [0, 0.05) is 12.3 Å². The third-order valence-electron chi connectivity index (χ3n) is 13.9. The van der Waals surface area contributed by atoms with Crippen LogP contribution >= 0.6 is 0 Å². The van der Waals surface area contributed by atoms with E-state index >= 15 is 0 Å². The van der Waals surface area contributed by atoms with Crippen molar-refractivity contribution in [2.45, 2.75) is 124 Å². The zero-order chi connectivity index (χ0) is 24.7. The predicted octanol–water partition coefficient (Wildman–Crippen LogP) is 5.74. The van der Waals surface area contributed by atoms with E-state index in [4.69, 9.17) is 4.74 Å². The Morgan fingerprint density at radius 3 is 2.26 bits per heavy atom. The van der Waals surface area contributed by atoms with Crippen molar-refractivity contribution in [3.05, 3.63) is 0 Å². The van der Waals surface area contributed by atoms with Crippen molar-refractivity contribution in [3.8, 4) is 0 Å². The van der Waals surface area contributed by atoms with Crippen molar-refractivity contribution in [1.29, 1.82) is 0 Å². The zero-order valence-electron chi connectivity index (χ0n) is 22.6. The molecule has 0 amide bonds. The summed E-state index contributed by atoms with van der Waals surface area (Å²) in [5, 5.41) is 22.2. The Morgan fingerprint density at radius 1 is 0.882 bits per heavy atom. The minimum Gasteiger partial charge on any atom is -0.461 e. The van der Waals surface area contributed by atoms with Crippen molar-refractivity contribution >= 4 is 5.97 Å². The van der Waals surface area contributed by atoms with Crippen LogP contribution in [-0.4, -0.2) is 34.0 Å². The van der Waals surface area contributed by atoms with Gasteiger partial charge < -0.3 is 14.9 Å². The number of rotatable bonds is 1. The van der Waals surface area contributed by atoms with Crippen LogP contribution in [0.25, 0.3) is 0 Å². The minimum absolute atomic E-state index is 0.0247. The van der Waals surface area contributed by atoms with Crippen molar-refractivity contribution in [2.24, 2.45) is 56.7 Å². The van der Waals surface area contributed by atoms with Gasteiger partial charge in [-0.15, -0.1) is 0 Å². The van der Waals surface area contributed by atoms with Crippen molar-refractivity contribution in [2.75, 3.05) is 0 Å². The Labute approximate surface area is 206 Å². The molecule has 0 aromatic carbocycles. The molecule has 2 bridgehead atoms. The Balaban J connectivity index is 1.42. The molecule has 2 N–H and O–H groups in total. The fraction of sp³-hybridized carbons (Fsp3) is 0.967. The molecule has 1 heterocycles. The van der Waals surface area contributed by atoms with Gasteiger partial charge in [-0.25, -0.2) is 0 Å². The van der Waals surface area contributed by atoms with Crippen LogP contribution in [0.2, 0.25) is 0 Å². The quantitative estimate of drug-likeness (QED) is 0.478. The molecule has 0 radical (unpaired) electrons. The lowest BCUT2D eigenvalue weighted by atomic mass is 9.32. The standard InChI is InChI=1S/C30H48O4/c1-25(2)19-10-13-29(7)20(27(19,5)12-11-21(25)31)9-8-17-22-23(26(3,4)33)18-16-30(22,24(32)34-18)15-14-28(17,29)6/h17-23,31,33H,8-16H2,1-7H3/t17-,18+,19+,20-,21+,22+,23-,27+,28-,29-,30-/m1/s1. The van der Waals surface area contributed by atoms with E-state index in [2.05, 4.69) is 34.6 Å². The molecule has 11 atom stereocenters. The van der Waals surface area contributed by atoms with Gasteiger partial charge in [-0.2, -0.15) is 0 Å². The van der Waals surface area contributed by atoms with E-state index in [0.717, 1.165) is 32.1 Å². The fourth-order valence-electron chi connectivity index (χ4n) is 12.2. The second-order valence-corrected chi connectivity index (χ2v) is 15.6. The van der Waals surface area contributed by atoms with Crippen molar-refractivity contribution in [1.82, 2.24) is 0 Å². The van der Waals surface area contributed by atoms with E-state index in [1.165, 1.54) is 25.7 Å². The largest absolute Gasteiger partial charge is 0.461 e. The molecule has 34 heavy (non-hydrogen) atoms. The summed E-state index contributed by atoms with van der Waals surface area (Å²) in [6.07, 6.45) is 9.43. The molecule has 1 spiro atoms. The monoisotopic (exact) mass is 472 g/mol. The van der Waals surface area contributed by atoms with Crippen LogP contribution in [0.5, 0.6) is 0 Å². The van der Waals surface area contributed by atoms with Crippen molar-refractivity contribution < 1.29 is 19.7 Å². The number of carbonyl (C=O) groups is 1. The normalized spacial score (nSPS) is 57.8. The first-order valence-electron chi connectivity index (χ1n) is 14.2. The summed E-state index contributed by atoms with van der Waals surface area (Å²) in [5.74, 6) is 2.02. The fourth-order valence-corrected chi connectivity index (χ4v) is 12.2. The van der Waals surface area contributed by atoms with E-state index in [1.807, 2.05) is 13.8 Å². The zero-order valence-corrected chi connectivity index (χ0v) is 22.6. The summed E-state index contributed by atoms with van der Waals surface area (Å²) in [6.45, 7) is 16.3. The van der Waals surface area contributed by atoms with E-state index in [1.54, 1.807) is 0 Å². The molecule has 5 saturated carbocycles. The number of ether oxygens (including phenoxy) is 1. The van der Waals surface area contributed by atoms with E-state index in [-0.39, 0.29) is 57.1 Å². The summed E-state index contributed by atoms with van der Waals surface area (Å²) < 4.78 is 5.90. The molecule has 0 unspecified atom stereocenters.